The maximum absolute atomic E-state index is 13.2. The van der Waals surface area contributed by atoms with E-state index in [0.29, 0.717) is 5.56 Å². The van der Waals surface area contributed by atoms with Crippen molar-refractivity contribution in [2.24, 2.45) is 0 Å². The molecule has 3 rings (SSSR count). The number of carbonyl (C=O) groups is 1. The van der Waals surface area contributed by atoms with E-state index in [4.69, 9.17) is 4.74 Å². The van der Waals surface area contributed by atoms with Crippen molar-refractivity contribution in [2.75, 3.05) is 13.1 Å². The number of benzene rings is 2. The van der Waals surface area contributed by atoms with Gasteiger partial charge < -0.3 is 10.1 Å². The van der Waals surface area contributed by atoms with Crippen LogP contribution in [0.1, 0.15) is 41.6 Å². The molecule has 0 aliphatic carbocycles. The predicted molar refractivity (Wildman–Crippen MR) is 129 cm³/mol. The first kappa shape index (κ1) is 20.8. The minimum Gasteiger partial charge on any atom is -0.451 e. The van der Waals surface area contributed by atoms with E-state index >= 15 is 0 Å². The average molecular weight is 687 g/mol. The van der Waals surface area contributed by atoms with E-state index in [9.17, 15) is 4.79 Å². The van der Waals surface area contributed by atoms with Crippen LogP contribution in [0.25, 0.3) is 0 Å². The third kappa shape index (κ3) is 4.91. The Morgan fingerprint density at radius 3 is 2.31 bits per heavy atom. The largest absolute Gasteiger partial charge is 0.451 e. The molecule has 0 saturated carbocycles. The Morgan fingerprint density at radius 1 is 1.00 bits per heavy atom. The molecule has 26 heavy (non-hydrogen) atoms. The van der Waals surface area contributed by atoms with Crippen LogP contribution in [0.5, 0.6) is 0 Å². The van der Waals surface area contributed by atoms with Gasteiger partial charge in [-0.2, -0.15) is 0 Å². The summed E-state index contributed by atoms with van der Waals surface area (Å²) in [6.45, 7) is 1.93. The van der Waals surface area contributed by atoms with Gasteiger partial charge in [-0.25, -0.2) is 4.79 Å². The first-order valence-electron chi connectivity index (χ1n) is 8.66. The Bertz CT molecular complexity index is 772. The summed E-state index contributed by atoms with van der Waals surface area (Å²) < 4.78 is 9.39. The summed E-state index contributed by atoms with van der Waals surface area (Å²) in [5.74, 6) is -0.219. The van der Waals surface area contributed by atoms with Crippen molar-refractivity contribution in [3.05, 3.63) is 64.3 Å². The van der Waals surface area contributed by atoms with Crippen LogP contribution in [-0.2, 0) is 10.3 Å². The lowest BCUT2D eigenvalue weighted by molar-refractivity contribution is -0.0350. The first-order valence-corrected chi connectivity index (χ1v) is 11.9. The molecule has 1 saturated heterocycles. The number of hydrogen-bond acceptors (Lipinski definition) is 3. The normalized spacial score (nSPS) is 17.2. The van der Waals surface area contributed by atoms with E-state index in [2.05, 4.69) is 91.3 Å². The standard InChI is InChI=1S/C20H20I3NO2/c21-15-12-16(18(23)17(22)13-15)19(25)26-20(14-6-2-1-3-7-14)8-4-10-24-11-5-9-20/h1-3,6-7,12-13,24H,4-5,8-11H2. The van der Waals surface area contributed by atoms with E-state index in [1.165, 1.54) is 0 Å². The molecule has 2 aromatic rings. The van der Waals surface area contributed by atoms with Crippen molar-refractivity contribution in [3.8, 4) is 0 Å². The zero-order valence-corrected chi connectivity index (χ0v) is 20.7. The smallest absolute Gasteiger partial charge is 0.340 e. The molecule has 0 radical (unpaired) electrons. The van der Waals surface area contributed by atoms with Crippen LogP contribution < -0.4 is 5.32 Å². The molecule has 1 aliphatic heterocycles. The first-order chi connectivity index (χ1) is 12.5. The second kappa shape index (κ2) is 9.51. The van der Waals surface area contributed by atoms with Crippen molar-refractivity contribution >= 4 is 73.7 Å². The summed E-state index contributed by atoms with van der Waals surface area (Å²) in [6.07, 6.45) is 3.66. The highest BCUT2D eigenvalue weighted by atomic mass is 127. The topological polar surface area (TPSA) is 38.3 Å². The molecule has 0 bridgehead atoms. The van der Waals surface area contributed by atoms with E-state index < -0.39 is 5.60 Å². The van der Waals surface area contributed by atoms with Gasteiger partial charge in [-0.15, -0.1) is 0 Å². The van der Waals surface area contributed by atoms with Gasteiger partial charge in [0.25, 0.3) is 0 Å². The number of ether oxygens (including phenoxy) is 1. The second-order valence-electron chi connectivity index (χ2n) is 6.46. The fourth-order valence-electron chi connectivity index (χ4n) is 3.38. The summed E-state index contributed by atoms with van der Waals surface area (Å²) in [4.78, 5) is 13.2. The molecular weight excluding hydrogens is 667 g/mol. The maximum Gasteiger partial charge on any atom is 0.340 e. The highest BCUT2D eigenvalue weighted by Crippen LogP contribution is 2.38. The molecule has 138 valence electrons. The molecule has 1 N–H and O–H groups in total. The lowest BCUT2D eigenvalue weighted by atomic mass is 9.83. The van der Waals surface area contributed by atoms with E-state index in [1.54, 1.807) is 0 Å². The summed E-state index contributed by atoms with van der Waals surface area (Å²) in [5, 5.41) is 3.44. The van der Waals surface area contributed by atoms with Crippen LogP contribution in [0.15, 0.2) is 42.5 Å². The SMILES string of the molecule is O=C(OC1(c2ccccc2)CCCNCCC1)c1cc(I)cc(I)c1I. The van der Waals surface area contributed by atoms with Gasteiger partial charge in [0.2, 0.25) is 0 Å². The lowest BCUT2D eigenvalue weighted by Gasteiger charge is -2.36. The molecule has 1 aliphatic rings. The molecule has 1 heterocycles. The number of halogens is 3. The van der Waals surface area contributed by atoms with Crippen LogP contribution in [0.4, 0.5) is 0 Å². The number of hydrogen-bond donors (Lipinski definition) is 1. The zero-order chi connectivity index (χ0) is 18.6. The minimum atomic E-state index is -0.545. The molecule has 0 atom stereocenters. The molecule has 0 amide bonds. The average Bonchev–Trinajstić information content (AvgIpc) is 2.61. The third-order valence-electron chi connectivity index (χ3n) is 4.67. The molecule has 1 fully saturated rings. The molecule has 0 aromatic heterocycles. The van der Waals surface area contributed by atoms with Gasteiger partial charge in [0.15, 0.2) is 0 Å². The van der Waals surface area contributed by atoms with Crippen molar-refractivity contribution in [2.45, 2.75) is 31.3 Å². The van der Waals surface area contributed by atoms with Gasteiger partial charge >= 0.3 is 5.97 Å². The Labute approximate surface area is 195 Å². The Morgan fingerprint density at radius 2 is 1.65 bits per heavy atom. The minimum absolute atomic E-state index is 0.219. The summed E-state index contributed by atoms with van der Waals surface area (Å²) in [6, 6.07) is 14.2. The highest BCUT2D eigenvalue weighted by molar-refractivity contribution is 14.1. The van der Waals surface area contributed by atoms with Gasteiger partial charge in [0, 0.05) is 10.7 Å². The van der Waals surface area contributed by atoms with Crippen molar-refractivity contribution in [1.29, 1.82) is 0 Å². The molecule has 2 aromatic carbocycles. The number of nitrogens with one attached hydrogen (secondary N) is 1. The van der Waals surface area contributed by atoms with Gasteiger partial charge in [-0.3, -0.25) is 0 Å². The molecule has 6 heteroatoms. The summed E-state index contributed by atoms with van der Waals surface area (Å²) in [5.41, 5.74) is 1.22. The molecule has 0 spiro atoms. The lowest BCUT2D eigenvalue weighted by Crippen LogP contribution is -2.37. The number of esters is 1. The van der Waals surface area contributed by atoms with Gasteiger partial charge in [0.05, 0.1) is 5.56 Å². The van der Waals surface area contributed by atoms with Crippen molar-refractivity contribution in [3.63, 3.8) is 0 Å². The highest BCUT2D eigenvalue weighted by Gasteiger charge is 2.37. The third-order valence-corrected chi connectivity index (χ3v) is 8.34. The number of rotatable bonds is 3. The fourth-order valence-corrected chi connectivity index (χ4v) is 5.75. The van der Waals surface area contributed by atoms with Crippen LogP contribution >= 0.6 is 67.8 Å². The monoisotopic (exact) mass is 687 g/mol. The zero-order valence-electron chi connectivity index (χ0n) is 14.2. The summed E-state index contributed by atoms with van der Waals surface area (Å²) >= 11 is 6.77. The van der Waals surface area contributed by atoms with Gasteiger partial charge in [0.1, 0.15) is 5.60 Å². The van der Waals surface area contributed by atoms with Gasteiger partial charge in [-0.05, 0) is 124 Å². The van der Waals surface area contributed by atoms with Crippen LogP contribution in [0, 0.1) is 10.7 Å². The van der Waals surface area contributed by atoms with Crippen LogP contribution in [0.3, 0.4) is 0 Å². The van der Waals surface area contributed by atoms with Gasteiger partial charge in [-0.1, -0.05) is 30.3 Å². The fraction of sp³-hybridized carbons (Fsp3) is 0.350. The Hall–Kier alpha value is 0.0600. The molecule has 3 nitrogen and oxygen atoms in total. The van der Waals surface area contributed by atoms with Crippen LogP contribution in [0.2, 0.25) is 0 Å². The van der Waals surface area contributed by atoms with Crippen LogP contribution in [-0.4, -0.2) is 19.1 Å². The maximum atomic E-state index is 13.2. The van der Waals surface area contributed by atoms with E-state index in [1.807, 2.05) is 24.3 Å². The number of carbonyl (C=O) groups excluding carboxylic acids is 1. The molecule has 0 unspecified atom stereocenters. The van der Waals surface area contributed by atoms with E-state index in [-0.39, 0.29) is 5.97 Å². The Kier molecular flexibility index (Phi) is 7.60. The van der Waals surface area contributed by atoms with E-state index in [0.717, 1.165) is 55.0 Å². The predicted octanol–water partition coefficient (Wildman–Crippen LogP) is 5.72. The van der Waals surface area contributed by atoms with Crippen molar-refractivity contribution < 1.29 is 9.53 Å². The quantitative estimate of drug-likeness (QED) is 0.255. The summed E-state index contributed by atoms with van der Waals surface area (Å²) in [7, 11) is 0. The Balaban J connectivity index is 1.97. The molecular formula is C20H20I3NO2. The second-order valence-corrected chi connectivity index (χ2v) is 9.94. The van der Waals surface area contributed by atoms with Crippen molar-refractivity contribution in [1.82, 2.24) is 5.32 Å².